The second-order valence-electron chi connectivity index (χ2n) is 4.84. The summed E-state index contributed by atoms with van der Waals surface area (Å²) in [7, 11) is -2.29. The van der Waals surface area contributed by atoms with E-state index in [1.165, 1.54) is 13.5 Å². The molecule has 0 aliphatic rings. The van der Waals surface area contributed by atoms with Crippen molar-refractivity contribution >= 4 is 13.6 Å². The molecule has 0 aromatic carbocycles. The average Bonchev–Trinajstić information content (AvgIpc) is 2.38. The summed E-state index contributed by atoms with van der Waals surface area (Å²) in [4.78, 5) is 27.4. The number of carbonyl (C=O) groups excluding carboxylic acids is 1. The molecule has 0 radical (unpaired) electrons. The molecule has 0 aromatic rings. The molecule has 5 nitrogen and oxygen atoms in total. The fourth-order valence-corrected chi connectivity index (χ4v) is 2.18. The van der Waals surface area contributed by atoms with E-state index in [1.807, 2.05) is 0 Å². The van der Waals surface area contributed by atoms with E-state index in [1.54, 1.807) is 0 Å². The SMILES string of the molecule is CCCCCC(=O)OC.CCCCCCCP(=O)(O)O. The summed E-state index contributed by atoms with van der Waals surface area (Å²) in [6.45, 7) is 4.22. The highest BCUT2D eigenvalue weighted by Gasteiger charge is 2.10. The molecular weight excluding hydrogens is 279 g/mol. The Balaban J connectivity index is 0. The third-order valence-corrected chi connectivity index (χ3v) is 3.66. The van der Waals surface area contributed by atoms with Gasteiger partial charge in [-0.05, 0) is 12.8 Å². The standard InChI is InChI=1S/C7H17O3P.C7H14O2/c1-2-3-4-5-6-7-11(8,9)10;1-3-4-5-6-7(8)9-2/h2-7H2,1H3,(H2,8,9,10);3-6H2,1-2H3. The van der Waals surface area contributed by atoms with E-state index in [0.717, 1.165) is 38.5 Å². The van der Waals surface area contributed by atoms with Crippen LogP contribution in [0.15, 0.2) is 0 Å². The van der Waals surface area contributed by atoms with E-state index >= 15 is 0 Å². The summed E-state index contributed by atoms with van der Waals surface area (Å²) in [6.07, 6.45) is 8.88. The summed E-state index contributed by atoms with van der Waals surface area (Å²) in [5.74, 6) is -0.0940. The van der Waals surface area contributed by atoms with Gasteiger partial charge in [0.15, 0.2) is 0 Å². The van der Waals surface area contributed by atoms with Crippen molar-refractivity contribution in [1.29, 1.82) is 0 Å². The molecule has 0 aliphatic heterocycles. The van der Waals surface area contributed by atoms with Crippen molar-refractivity contribution in [1.82, 2.24) is 0 Å². The van der Waals surface area contributed by atoms with E-state index in [9.17, 15) is 9.36 Å². The molecule has 0 aromatic heterocycles. The van der Waals surface area contributed by atoms with Crippen molar-refractivity contribution in [3.63, 3.8) is 0 Å². The van der Waals surface area contributed by atoms with Crippen molar-refractivity contribution in [2.75, 3.05) is 13.3 Å². The summed E-state index contributed by atoms with van der Waals surface area (Å²) in [5.41, 5.74) is 0. The molecule has 0 amide bonds. The highest BCUT2D eigenvalue weighted by atomic mass is 31.2. The van der Waals surface area contributed by atoms with E-state index in [4.69, 9.17) is 9.79 Å². The Morgan fingerprint density at radius 1 is 0.950 bits per heavy atom. The molecule has 20 heavy (non-hydrogen) atoms. The van der Waals surface area contributed by atoms with Crippen LogP contribution >= 0.6 is 7.60 Å². The van der Waals surface area contributed by atoms with Crippen LogP contribution < -0.4 is 0 Å². The summed E-state index contributed by atoms with van der Waals surface area (Å²) < 4.78 is 14.8. The van der Waals surface area contributed by atoms with Crippen LogP contribution in [0.1, 0.15) is 71.6 Å². The molecule has 0 unspecified atom stereocenters. The lowest BCUT2D eigenvalue weighted by molar-refractivity contribution is -0.140. The smallest absolute Gasteiger partial charge is 0.325 e. The first-order valence-electron chi connectivity index (χ1n) is 7.48. The minimum atomic E-state index is -3.71. The lowest BCUT2D eigenvalue weighted by Gasteiger charge is -2.02. The highest BCUT2D eigenvalue weighted by Crippen LogP contribution is 2.35. The van der Waals surface area contributed by atoms with Crippen LogP contribution in [0.3, 0.4) is 0 Å². The van der Waals surface area contributed by atoms with Gasteiger partial charge in [-0.3, -0.25) is 9.36 Å². The lowest BCUT2D eigenvalue weighted by Crippen LogP contribution is -1.98. The minimum Gasteiger partial charge on any atom is -0.469 e. The molecule has 122 valence electrons. The number of hydrogen-bond acceptors (Lipinski definition) is 3. The van der Waals surface area contributed by atoms with Gasteiger partial charge in [-0.2, -0.15) is 0 Å². The molecule has 0 fully saturated rings. The van der Waals surface area contributed by atoms with Crippen molar-refractivity contribution < 1.29 is 23.9 Å². The summed E-state index contributed by atoms with van der Waals surface area (Å²) in [5, 5.41) is 0. The van der Waals surface area contributed by atoms with Crippen LogP contribution in [0.2, 0.25) is 0 Å². The van der Waals surface area contributed by atoms with Gasteiger partial charge in [0.05, 0.1) is 7.11 Å². The summed E-state index contributed by atoms with van der Waals surface area (Å²) >= 11 is 0. The topological polar surface area (TPSA) is 83.8 Å². The van der Waals surface area contributed by atoms with Crippen LogP contribution in [0, 0.1) is 0 Å². The Bertz CT molecular complexity index is 262. The largest absolute Gasteiger partial charge is 0.469 e. The van der Waals surface area contributed by atoms with Crippen molar-refractivity contribution in [2.45, 2.75) is 71.6 Å². The number of ether oxygens (including phenoxy) is 1. The zero-order chi connectivity index (χ0) is 15.9. The zero-order valence-corrected chi connectivity index (χ0v) is 14.0. The molecule has 0 heterocycles. The predicted molar refractivity (Wildman–Crippen MR) is 81.8 cm³/mol. The lowest BCUT2D eigenvalue weighted by atomic mass is 10.2. The molecule has 0 bridgehead atoms. The maximum Gasteiger partial charge on any atom is 0.325 e. The normalized spacial score (nSPS) is 10.7. The van der Waals surface area contributed by atoms with Crippen LogP contribution in [-0.4, -0.2) is 29.0 Å². The molecule has 0 saturated heterocycles. The highest BCUT2D eigenvalue weighted by molar-refractivity contribution is 7.51. The molecule has 0 saturated carbocycles. The Labute approximate surface area is 123 Å². The Morgan fingerprint density at radius 3 is 1.90 bits per heavy atom. The third-order valence-electron chi connectivity index (χ3n) is 2.77. The zero-order valence-electron chi connectivity index (χ0n) is 13.1. The van der Waals surface area contributed by atoms with Gasteiger partial charge in [0.2, 0.25) is 0 Å². The number of methoxy groups -OCH3 is 1. The van der Waals surface area contributed by atoms with Gasteiger partial charge in [-0.1, -0.05) is 52.4 Å². The molecular formula is C14H31O5P. The first-order valence-corrected chi connectivity index (χ1v) is 9.28. The molecule has 0 spiro atoms. The minimum absolute atomic E-state index is 0.0523. The summed E-state index contributed by atoms with van der Waals surface area (Å²) in [6, 6.07) is 0. The predicted octanol–water partition coefficient (Wildman–Crippen LogP) is 3.87. The van der Waals surface area contributed by atoms with Crippen LogP contribution in [-0.2, 0) is 14.1 Å². The van der Waals surface area contributed by atoms with E-state index in [0.29, 0.717) is 12.8 Å². The van der Waals surface area contributed by atoms with Gasteiger partial charge < -0.3 is 14.5 Å². The molecule has 0 aliphatic carbocycles. The second-order valence-corrected chi connectivity index (χ2v) is 6.61. The Kier molecular flexibility index (Phi) is 16.5. The van der Waals surface area contributed by atoms with Gasteiger partial charge in [0.25, 0.3) is 0 Å². The number of carbonyl (C=O) groups is 1. The van der Waals surface area contributed by atoms with Gasteiger partial charge in [-0.25, -0.2) is 0 Å². The quantitative estimate of drug-likeness (QED) is 0.363. The number of unbranched alkanes of at least 4 members (excludes halogenated alkanes) is 6. The van der Waals surface area contributed by atoms with Crippen LogP contribution in [0.5, 0.6) is 0 Å². The van der Waals surface area contributed by atoms with Crippen molar-refractivity contribution in [2.24, 2.45) is 0 Å². The second kappa shape index (κ2) is 15.0. The fourth-order valence-electron chi connectivity index (χ4n) is 1.54. The van der Waals surface area contributed by atoms with E-state index < -0.39 is 7.60 Å². The maximum absolute atomic E-state index is 10.5. The van der Waals surface area contributed by atoms with E-state index in [-0.39, 0.29) is 12.1 Å². The average molecular weight is 310 g/mol. The third kappa shape index (κ3) is 22.8. The monoisotopic (exact) mass is 310 g/mol. The van der Waals surface area contributed by atoms with Crippen LogP contribution in [0.25, 0.3) is 0 Å². The first kappa shape index (κ1) is 21.9. The molecule has 0 rings (SSSR count). The maximum atomic E-state index is 10.5. The van der Waals surface area contributed by atoms with E-state index in [2.05, 4.69) is 18.6 Å². The van der Waals surface area contributed by atoms with Crippen LogP contribution in [0.4, 0.5) is 0 Å². The number of rotatable bonds is 10. The van der Waals surface area contributed by atoms with Gasteiger partial charge in [-0.15, -0.1) is 0 Å². The molecule has 2 N–H and O–H groups in total. The van der Waals surface area contributed by atoms with Gasteiger partial charge in [0, 0.05) is 12.6 Å². The van der Waals surface area contributed by atoms with Gasteiger partial charge >= 0.3 is 13.6 Å². The Hall–Kier alpha value is -0.380. The van der Waals surface area contributed by atoms with Gasteiger partial charge in [0.1, 0.15) is 0 Å². The van der Waals surface area contributed by atoms with Crippen molar-refractivity contribution in [3.05, 3.63) is 0 Å². The molecule has 6 heteroatoms. The fraction of sp³-hybridized carbons (Fsp3) is 0.929. The molecule has 0 atom stereocenters. The first-order chi connectivity index (χ1) is 9.37. The number of esters is 1. The van der Waals surface area contributed by atoms with Crippen molar-refractivity contribution in [3.8, 4) is 0 Å². The Morgan fingerprint density at radius 2 is 1.45 bits per heavy atom. The number of hydrogen-bond donors (Lipinski definition) is 2.